The highest BCUT2D eigenvalue weighted by molar-refractivity contribution is 9.10. The number of Topliss-reactive ketones (excluding diaryl/α,β-unsaturated/α-hetero) is 1. The molecule has 3 aliphatic rings. The van der Waals surface area contributed by atoms with E-state index in [1.165, 1.54) is 17.0 Å². The van der Waals surface area contributed by atoms with Gasteiger partial charge in [0.2, 0.25) is 17.6 Å². The average Bonchev–Trinajstić information content (AvgIpc) is 3.73. The van der Waals surface area contributed by atoms with Gasteiger partial charge in [-0.2, -0.15) is 0 Å². The maximum atomic E-state index is 13.5. The second kappa shape index (κ2) is 11.4. The summed E-state index contributed by atoms with van der Waals surface area (Å²) >= 11 is 9.32. The van der Waals surface area contributed by atoms with Gasteiger partial charge in [-0.1, -0.05) is 39.7 Å². The van der Waals surface area contributed by atoms with Crippen LogP contribution < -0.4 is 4.90 Å². The Morgan fingerprint density at radius 2 is 1.70 bits per heavy atom. The van der Waals surface area contributed by atoms with Crippen LogP contribution in [0, 0.1) is 40.7 Å². The van der Waals surface area contributed by atoms with Gasteiger partial charge in [-0.3, -0.25) is 29.4 Å². The molecule has 2 bridgehead atoms. The van der Waals surface area contributed by atoms with Gasteiger partial charge in [-0.25, -0.2) is 9.78 Å². The molecule has 2 saturated carbocycles. The van der Waals surface area contributed by atoms with Crippen molar-refractivity contribution in [2.24, 2.45) is 23.7 Å². The van der Waals surface area contributed by atoms with Gasteiger partial charge in [0.1, 0.15) is 5.02 Å². The third-order valence-corrected chi connectivity index (χ3v) is 10.2. The molecule has 1 aliphatic heterocycles. The van der Waals surface area contributed by atoms with E-state index in [0.717, 1.165) is 30.9 Å². The lowest BCUT2D eigenvalue weighted by Gasteiger charge is -2.19. The Labute approximate surface area is 276 Å². The molecule has 1 aromatic heterocycles. The molecule has 0 radical (unpaired) electrons. The molecule has 46 heavy (non-hydrogen) atoms. The normalized spacial score (nSPS) is 21.6. The van der Waals surface area contributed by atoms with E-state index in [1.54, 1.807) is 36.4 Å². The topological polar surface area (TPSA) is 137 Å². The summed E-state index contributed by atoms with van der Waals surface area (Å²) in [4.78, 5) is 69.6. The lowest BCUT2D eigenvalue weighted by molar-refractivity contribution is -0.384. The number of ether oxygens (including phenoxy) is 1. The largest absolute Gasteiger partial charge is 0.454 e. The first kappa shape index (κ1) is 30.2. The van der Waals surface area contributed by atoms with Crippen molar-refractivity contribution in [3.63, 3.8) is 0 Å². The zero-order valence-corrected chi connectivity index (χ0v) is 26.7. The molecule has 10 nitrogen and oxygen atoms in total. The molecule has 3 aromatic carbocycles. The third kappa shape index (κ3) is 4.98. The summed E-state index contributed by atoms with van der Waals surface area (Å²) in [6.45, 7) is 1.20. The number of esters is 1. The summed E-state index contributed by atoms with van der Waals surface area (Å²) in [5.41, 5.74) is 2.65. The molecule has 7 rings (SSSR count). The number of carbonyl (C=O) groups is 4. The Balaban J connectivity index is 1.17. The Bertz CT molecular complexity index is 1990. The van der Waals surface area contributed by atoms with Crippen molar-refractivity contribution in [3.8, 4) is 11.3 Å². The summed E-state index contributed by atoms with van der Waals surface area (Å²) in [5.74, 6) is -1.51. The number of fused-ring (bicyclic) bond motifs is 6. The number of hydrogen-bond donors (Lipinski definition) is 0. The van der Waals surface area contributed by atoms with Gasteiger partial charge in [0.15, 0.2) is 6.61 Å². The van der Waals surface area contributed by atoms with Crippen LogP contribution in [0.2, 0.25) is 5.02 Å². The van der Waals surface area contributed by atoms with Crippen molar-refractivity contribution >= 4 is 73.4 Å². The molecule has 3 fully saturated rings. The minimum atomic E-state index is -0.783. The van der Waals surface area contributed by atoms with Crippen molar-refractivity contribution in [3.05, 3.63) is 97.0 Å². The molecular formula is C34H25BrClN3O7. The lowest BCUT2D eigenvalue weighted by atomic mass is 9.81. The standard InChI is InChI=1S/C34H25BrClN3O7/c1-16-10-21(35)13-23-24(34(43)46-15-28(40)18-6-9-25(36)27(12-18)39(44)45)14-26(37-31(16)23)17-4-7-22(8-5-17)38-32(41)29-19-2-3-20(11-19)30(29)33(38)42/h4-10,12-14,19-20,29-30H,2-3,11,15H2,1H3. The van der Waals surface area contributed by atoms with Crippen LogP contribution in [0.4, 0.5) is 11.4 Å². The third-order valence-electron chi connectivity index (χ3n) is 9.44. The fraction of sp³-hybridized carbons (Fsp3) is 0.265. The highest BCUT2D eigenvalue weighted by Crippen LogP contribution is 2.56. The van der Waals surface area contributed by atoms with Gasteiger partial charge in [0, 0.05) is 27.1 Å². The van der Waals surface area contributed by atoms with Crippen LogP contribution >= 0.6 is 27.5 Å². The summed E-state index contributed by atoms with van der Waals surface area (Å²) < 4.78 is 6.12. The maximum absolute atomic E-state index is 13.5. The van der Waals surface area contributed by atoms with E-state index in [9.17, 15) is 29.3 Å². The van der Waals surface area contributed by atoms with E-state index in [0.29, 0.717) is 44.2 Å². The van der Waals surface area contributed by atoms with Gasteiger partial charge in [-0.05, 0) is 86.1 Å². The minimum absolute atomic E-state index is 0.0194. The number of ketones is 1. The zero-order chi connectivity index (χ0) is 32.4. The number of rotatable bonds is 7. The lowest BCUT2D eigenvalue weighted by Crippen LogP contribution is -2.32. The first-order chi connectivity index (χ1) is 22.0. The van der Waals surface area contributed by atoms with Crippen molar-refractivity contribution in [2.75, 3.05) is 11.5 Å². The number of aromatic nitrogens is 1. The number of amides is 2. The second-order valence-electron chi connectivity index (χ2n) is 12.0. The van der Waals surface area contributed by atoms with Crippen molar-refractivity contribution in [2.45, 2.75) is 26.2 Å². The van der Waals surface area contributed by atoms with Gasteiger partial charge in [0.05, 0.1) is 39.2 Å². The van der Waals surface area contributed by atoms with Gasteiger partial charge in [0.25, 0.3) is 5.69 Å². The number of aryl methyl sites for hydroxylation is 1. The smallest absolute Gasteiger partial charge is 0.339 e. The van der Waals surface area contributed by atoms with Gasteiger partial charge < -0.3 is 4.74 Å². The number of benzene rings is 3. The first-order valence-electron chi connectivity index (χ1n) is 14.7. The van der Waals surface area contributed by atoms with Crippen LogP contribution in [0.25, 0.3) is 22.2 Å². The molecule has 232 valence electrons. The molecule has 2 heterocycles. The highest BCUT2D eigenvalue weighted by atomic mass is 79.9. The number of imide groups is 1. The Morgan fingerprint density at radius 3 is 2.35 bits per heavy atom. The fourth-order valence-corrected chi connectivity index (χ4v) is 8.09. The average molecular weight is 703 g/mol. The molecular weight excluding hydrogens is 678 g/mol. The molecule has 1 saturated heterocycles. The number of nitro benzene ring substituents is 1. The summed E-state index contributed by atoms with van der Waals surface area (Å²) in [7, 11) is 0. The molecule has 2 amide bonds. The number of pyridine rings is 1. The Kier molecular flexibility index (Phi) is 7.48. The number of halogens is 2. The molecule has 4 unspecified atom stereocenters. The molecule has 4 atom stereocenters. The van der Waals surface area contributed by atoms with E-state index in [2.05, 4.69) is 15.9 Å². The summed E-state index contributed by atoms with van der Waals surface area (Å²) in [5, 5.41) is 11.6. The number of anilines is 1. The molecule has 0 spiro atoms. The monoisotopic (exact) mass is 701 g/mol. The first-order valence-corrected chi connectivity index (χ1v) is 15.9. The van der Waals surface area contributed by atoms with E-state index >= 15 is 0 Å². The van der Waals surface area contributed by atoms with Gasteiger partial charge >= 0.3 is 5.97 Å². The number of nitro groups is 1. The molecule has 2 aliphatic carbocycles. The van der Waals surface area contributed by atoms with E-state index in [4.69, 9.17) is 21.3 Å². The van der Waals surface area contributed by atoms with E-state index in [1.807, 2.05) is 13.0 Å². The van der Waals surface area contributed by atoms with E-state index in [-0.39, 0.29) is 39.8 Å². The molecule has 12 heteroatoms. The van der Waals surface area contributed by atoms with Crippen LogP contribution in [0.15, 0.2) is 65.1 Å². The van der Waals surface area contributed by atoms with Crippen LogP contribution in [-0.2, 0) is 14.3 Å². The second-order valence-corrected chi connectivity index (χ2v) is 13.4. The highest BCUT2D eigenvalue weighted by Gasteiger charge is 2.61. The maximum Gasteiger partial charge on any atom is 0.339 e. The van der Waals surface area contributed by atoms with Gasteiger partial charge in [-0.15, -0.1) is 0 Å². The molecule has 4 aromatic rings. The SMILES string of the molecule is Cc1cc(Br)cc2c(C(=O)OCC(=O)c3ccc(Cl)c([N+](=O)[O-])c3)cc(-c3ccc(N4C(=O)C5C6CCC(C6)C5C4=O)cc3)nc12. The quantitative estimate of drug-likeness (QED) is 0.0654. The number of nitrogens with zero attached hydrogens (tertiary/aromatic N) is 3. The summed E-state index contributed by atoms with van der Waals surface area (Å²) in [6.07, 6.45) is 2.97. The van der Waals surface area contributed by atoms with Crippen molar-refractivity contribution < 1.29 is 28.8 Å². The Hall–Kier alpha value is -4.48. The van der Waals surface area contributed by atoms with Crippen molar-refractivity contribution in [1.29, 1.82) is 0 Å². The van der Waals surface area contributed by atoms with Crippen molar-refractivity contribution in [1.82, 2.24) is 4.98 Å². The zero-order valence-electron chi connectivity index (χ0n) is 24.4. The fourth-order valence-electron chi connectivity index (χ4n) is 7.34. The van der Waals surface area contributed by atoms with Crippen LogP contribution in [0.1, 0.15) is 45.5 Å². The number of carbonyl (C=O) groups excluding carboxylic acids is 4. The Morgan fingerprint density at radius 1 is 1.02 bits per heavy atom. The number of hydrogen-bond acceptors (Lipinski definition) is 8. The van der Waals surface area contributed by atoms with Crippen LogP contribution in [0.5, 0.6) is 0 Å². The van der Waals surface area contributed by atoms with E-state index < -0.39 is 29.0 Å². The predicted octanol–water partition coefficient (Wildman–Crippen LogP) is 7.11. The predicted molar refractivity (Wildman–Crippen MR) is 173 cm³/mol. The minimum Gasteiger partial charge on any atom is -0.454 e. The summed E-state index contributed by atoms with van der Waals surface area (Å²) in [6, 6.07) is 15.7. The van der Waals surface area contributed by atoms with Crippen LogP contribution in [-0.4, -0.2) is 40.1 Å². The molecule has 0 N–H and O–H groups in total. The van der Waals surface area contributed by atoms with Crippen LogP contribution in [0.3, 0.4) is 0 Å².